The van der Waals surface area contributed by atoms with E-state index < -0.39 is 16.1 Å². The molecule has 2 nitrogen and oxygen atoms in total. The molecule has 2 aliphatic rings. The summed E-state index contributed by atoms with van der Waals surface area (Å²) in [6.07, 6.45) is 3.77. The average Bonchev–Trinajstić information content (AvgIpc) is 2.99. The number of hydrogen-bond donors (Lipinski definition) is 0. The summed E-state index contributed by atoms with van der Waals surface area (Å²) in [5.41, 5.74) is 10.1. The van der Waals surface area contributed by atoms with Crippen LogP contribution in [-0.2, 0) is 0 Å². The lowest BCUT2D eigenvalue weighted by atomic mass is 9.90. The third-order valence-corrected chi connectivity index (χ3v) is 16.4. The molecule has 4 heterocycles. The van der Waals surface area contributed by atoms with Crippen molar-refractivity contribution >= 4 is 47.7 Å². The zero-order valence-electron chi connectivity index (χ0n) is 23.3. The van der Waals surface area contributed by atoms with Crippen molar-refractivity contribution < 1.29 is 0 Å². The molecule has 0 bridgehead atoms. The summed E-state index contributed by atoms with van der Waals surface area (Å²) in [5.74, 6) is 0. The molecule has 2 aromatic heterocycles. The number of hydrogen-bond acceptors (Lipinski definition) is 2. The van der Waals surface area contributed by atoms with E-state index >= 15 is 0 Å². The molecule has 4 aromatic carbocycles. The van der Waals surface area contributed by atoms with Crippen molar-refractivity contribution in [3.8, 4) is 44.8 Å². The van der Waals surface area contributed by atoms with E-state index in [2.05, 4.69) is 121 Å². The molecule has 4 heteroatoms. The van der Waals surface area contributed by atoms with Crippen molar-refractivity contribution in [3.05, 3.63) is 109 Å². The van der Waals surface area contributed by atoms with Gasteiger partial charge in [0.15, 0.2) is 0 Å². The first kappa shape index (κ1) is 23.7. The van der Waals surface area contributed by atoms with E-state index in [4.69, 9.17) is 0 Å². The maximum atomic E-state index is 4.65. The molecule has 0 amide bonds. The summed E-state index contributed by atoms with van der Waals surface area (Å²) in [7, 11) is -3.94. The predicted octanol–water partition coefficient (Wildman–Crippen LogP) is 6.57. The largest absolute Gasteiger partial charge is 0.256 e. The number of nitrogens with zero attached hydrogens (tertiary/aromatic N) is 2. The van der Waals surface area contributed by atoms with Crippen LogP contribution in [0, 0.1) is 0 Å². The van der Waals surface area contributed by atoms with Crippen LogP contribution < -0.4 is 20.7 Å². The van der Waals surface area contributed by atoms with Crippen LogP contribution in [0.1, 0.15) is 0 Å². The van der Waals surface area contributed by atoms with Crippen LogP contribution >= 0.6 is 0 Å². The van der Waals surface area contributed by atoms with E-state index in [0.29, 0.717) is 0 Å². The normalized spacial score (nSPS) is 15.4. The first-order valence-electron chi connectivity index (χ1n) is 14.1. The molecular weight excluding hydrogens is 517 g/mol. The molecule has 0 atom stereocenters. The third-order valence-electron chi connectivity index (χ3n) is 9.39. The van der Waals surface area contributed by atoms with E-state index in [0.717, 1.165) is 11.4 Å². The van der Waals surface area contributed by atoms with Gasteiger partial charge in [0.2, 0.25) is 0 Å². The second-order valence-electron chi connectivity index (χ2n) is 12.3. The van der Waals surface area contributed by atoms with Gasteiger partial charge in [-0.05, 0) is 78.0 Å². The van der Waals surface area contributed by atoms with Gasteiger partial charge in [0.05, 0.1) is 11.4 Å². The minimum Gasteiger partial charge on any atom is -0.256 e. The van der Waals surface area contributed by atoms with E-state index in [1.165, 1.54) is 54.5 Å². The number of aromatic nitrogens is 2. The molecule has 0 aliphatic carbocycles. The Morgan fingerprint density at radius 1 is 0.425 bits per heavy atom. The van der Waals surface area contributed by atoms with Gasteiger partial charge in [-0.2, -0.15) is 0 Å². The topological polar surface area (TPSA) is 25.8 Å². The summed E-state index contributed by atoms with van der Waals surface area (Å²) >= 11 is 0. The lowest BCUT2D eigenvalue weighted by molar-refractivity contribution is 1.33. The highest BCUT2D eigenvalue weighted by Gasteiger charge is 2.41. The van der Waals surface area contributed by atoms with Gasteiger partial charge in [-0.1, -0.05) is 99.0 Å². The van der Waals surface area contributed by atoms with Crippen LogP contribution in [0.2, 0.25) is 26.2 Å². The third kappa shape index (κ3) is 3.15. The Labute approximate surface area is 237 Å². The van der Waals surface area contributed by atoms with Crippen molar-refractivity contribution in [2.24, 2.45) is 0 Å². The SMILES string of the molecule is C[Si]1(C)c2cc(-c3ccccn3)ccc2-c2ccc3c4c(ccc1c24)[Si](C)(C)c1cc(-c2ccccn2)ccc1-3. The first-order valence-corrected chi connectivity index (χ1v) is 20.1. The summed E-state index contributed by atoms with van der Waals surface area (Å²) in [6.45, 7) is 10.1. The van der Waals surface area contributed by atoms with E-state index in [-0.39, 0.29) is 0 Å². The summed E-state index contributed by atoms with van der Waals surface area (Å²) in [4.78, 5) is 9.30. The molecule has 0 saturated heterocycles. The Morgan fingerprint density at radius 2 is 0.850 bits per heavy atom. The maximum absolute atomic E-state index is 4.65. The lowest BCUT2D eigenvalue weighted by Gasteiger charge is -2.39. The first-order chi connectivity index (χ1) is 19.4. The number of benzene rings is 4. The molecule has 8 rings (SSSR count). The zero-order chi connectivity index (χ0) is 27.2. The standard InChI is InChI=1S/C36H30N2Si2/c1-39(2)31-17-18-32-36-28(26-14-12-24(22-34(26)40(32,3)4)30-10-6-8-20-38-30)16-15-27(35(31)36)25-13-11-23(21-33(25)39)29-9-5-7-19-37-29/h5-22H,1-4H3. The van der Waals surface area contributed by atoms with Gasteiger partial charge in [0.25, 0.3) is 0 Å². The molecular formula is C36H30N2Si2. The van der Waals surface area contributed by atoms with E-state index in [1.807, 2.05) is 24.5 Å². The van der Waals surface area contributed by atoms with Crippen molar-refractivity contribution in [3.63, 3.8) is 0 Å². The van der Waals surface area contributed by atoms with Gasteiger partial charge in [0.1, 0.15) is 16.1 Å². The molecule has 0 radical (unpaired) electrons. The van der Waals surface area contributed by atoms with Crippen LogP contribution in [-0.4, -0.2) is 26.1 Å². The van der Waals surface area contributed by atoms with Crippen LogP contribution in [0.4, 0.5) is 0 Å². The number of rotatable bonds is 2. The van der Waals surface area contributed by atoms with Gasteiger partial charge in [-0.25, -0.2) is 0 Å². The smallest absolute Gasteiger partial charge is 0.113 e. The Hall–Kier alpha value is -4.13. The fourth-order valence-corrected chi connectivity index (χ4v) is 13.4. The Balaban J connectivity index is 1.39. The fourth-order valence-electron chi connectivity index (χ4n) is 7.25. The van der Waals surface area contributed by atoms with Crippen molar-refractivity contribution in [1.29, 1.82) is 0 Å². The summed E-state index contributed by atoms with van der Waals surface area (Å²) in [5, 5.41) is 9.16. The minimum absolute atomic E-state index is 1.04. The van der Waals surface area contributed by atoms with Crippen LogP contribution in [0.3, 0.4) is 0 Å². The molecule has 6 aromatic rings. The quantitative estimate of drug-likeness (QED) is 0.230. The Kier molecular flexibility index (Phi) is 4.86. The molecule has 0 fully saturated rings. The molecule has 0 unspecified atom stereocenters. The minimum atomic E-state index is -1.97. The molecule has 0 saturated carbocycles. The molecule has 40 heavy (non-hydrogen) atoms. The Morgan fingerprint density at radius 3 is 1.25 bits per heavy atom. The summed E-state index contributed by atoms with van der Waals surface area (Å²) < 4.78 is 0. The van der Waals surface area contributed by atoms with Gasteiger partial charge in [0, 0.05) is 23.5 Å². The molecule has 2 aliphatic heterocycles. The van der Waals surface area contributed by atoms with Gasteiger partial charge in [-0.15, -0.1) is 0 Å². The van der Waals surface area contributed by atoms with E-state index in [9.17, 15) is 0 Å². The average molecular weight is 547 g/mol. The second-order valence-corrected chi connectivity index (χ2v) is 20.9. The fraction of sp³-hybridized carbons (Fsp3) is 0.111. The zero-order valence-corrected chi connectivity index (χ0v) is 25.3. The summed E-state index contributed by atoms with van der Waals surface area (Å²) in [6, 6.07) is 36.2. The van der Waals surface area contributed by atoms with Crippen LogP contribution in [0.15, 0.2) is 109 Å². The van der Waals surface area contributed by atoms with Gasteiger partial charge < -0.3 is 0 Å². The monoisotopic (exact) mass is 546 g/mol. The molecule has 0 N–H and O–H groups in total. The Bertz CT molecular complexity index is 1850. The number of pyridine rings is 2. The van der Waals surface area contributed by atoms with Crippen molar-refractivity contribution in [2.45, 2.75) is 26.2 Å². The highest BCUT2D eigenvalue weighted by atomic mass is 28.3. The second kappa shape index (κ2) is 8.20. The maximum Gasteiger partial charge on any atom is 0.113 e. The predicted molar refractivity (Wildman–Crippen MR) is 175 cm³/mol. The molecule has 0 spiro atoms. The lowest BCUT2D eigenvalue weighted by Crippen LogP contribution is -2.59. The van der Waals surface area contributed by atoms with Crippen LogP contribution in [0.5, 0.6) is 0 Å². The molecule has 192 valence electrons. The van der Waals surface area contributed by atoms with Crippen molar-refractivity contribution in [2.75, 3.05) is 0 Å². The van der Waals surface area contributed by atoms with Crippen LogP contribution in [0.25, 0.3) is 55.5 Å². The van der Waals surface area contributed by atoms with Gasteiger partial charge >= 0.3 is 0 Å². The van der Waals surface area contributed by atoms with Crippen molar-refractivity contribution in [1.82, 2.24) is 9.97 Å². The van der Waals surface area contributed by atoms with Gasteiger partial charge in [-0.3, -0.25) is 9.97 Å². The highest BCUT2D eigenvalue weighted by molar-refractivity contribution is 7.05. The van der Waals surface area contributed by atoms with E-state index in [1.54, 1.807) is 10.4 Å². The number of fused-ring (bicyclic) bond motifs is 4. The highest BCUT2D eigenvalue weighted by Crippen LogP contribution is 2.41.